The topological polar surface area (TPSA) is 55.3 Å². The molecule has 5 nitrogen and oxygen atoms in total. The zero-order valence-electron chi connectivity index (χ0n) is 10.3. The van der Waals surface area contributed by atoms with Crippen molar-refractivity contribution in [2.75, 3.05) is 31.2 Å². The molecule has 0 unspecified atom stereocenters. The Balaban J connectivity index is 1.88. The van der Waals surface area contributed by atoms with Gasteiger partial charge in [-0.1, -0.05) is 0 Å². The van der Waals surface area contributed by atoms with Crippen molar-refractivity contribution >= 4 is 23.4 Å². The maximum atomic E-state index is 10.7. The first kappa shape index (κ1) is 12.3. The third-order valence-corrected chi connectivity index (χ3v) is 3.95. The van der Waals surface area contributed by atoms with Crippen molar-refractivity contribution in [3.63, 3.8) is 0 Å². The molecule has 0 radical (unpaired) electrons. The van der Waals surface area contributed by atoms with Crippen molar-refractivity contribution in [3.05, 3.63) is 29.3 Å². The summed E-state index contributed by atoms with van der Waals surface area (Å²) >= 11 is 1.41. The van der Waals surface area contributed by atoms with Crippen molar-refractivity contribution in [1.82, 2.24) is 9.97 Å². The summed E-state index contributed by atoms with van der Waals surface area (Å²) in [7, 11) is 0. The normalized spacial score (nSPS) is 15.5. The lowest BCUT2D eigenvalue weighted by atomic mass is 10.3. The number of rotatable bonds is 3. The highest BCUT2D eigenvalue weighted by Crippen LogP contribution is 2.25. The van der Waals surface area contributed by atoms with Crippen molar-refractivity contribution in [2.45, 2.75) is 0 Å². The van der Waals surface area contributed by atoms with Crippen LogP contribution < -0.4 is 4.90 Å². The summed E-state index contributed by atoms with van der Waals surface area (Å²) in [5.74, 6) is 1.58. The summed E-state index contributed by atoms with van der Waals surface area (Å²) in [6.07, 6.45) is 2.60. The van der Waals surface area contributed by atoms with Crippen LogP contribution >= 0.6 is 11.3 Å². The third-order valence-electron chi connectivity index (χ3n) is 2.94. The van der Waals surface area contributed by atoms with Gasteiger partial charge in [0.1, 0.15) is 5.82 Å². The first-order chi connectivity index (χ1) is 9.36. The number of thiophene rings is 1. The molecule has 2 aromatic heterocycles. The van der Waals surface area contributed by atoms with E-state index in [-0.39, 0.29) is 0 Å². The Bertz CT molecular complexity index is 579. The fraction of sp³-hybridized carbons (Fsp3) is 0.308. The Morgan fingerprint density at radius 2 is 2.11 bits per heavy atom. The molecule has 1 saturated heterocycles. The molecule has 0 aromatic carbocycles. The van der Waals surface area contributed by atoms with Gasteiger partial charge in [0.2, 0.25) is 0 Å². The summed E-state index contributed by atoms with van der Waals surface area (Å²) in [5, 5.41) is 0. The molecule has 3 heterocycles. The van der Waals surface area contributed by atoms with Crippen LogP contribution in [-0.2, 0) is 4.74 Å². The Morgan fingerprint density at radius 3 is 2.84 bits per heavy atom. The summed E-state index contributed by atoms with van der Waals surface area (Å²) in [6, 6.07) is 5.58. The lowest BCUT2D eigenvalue weighted by molar-refractivity contribution is 0.112. The first-order valence-electron chi connectivity index (χ1n) is 6.08. The van der Waals surface area contributed by atoms with Gasteiger partial charge in [-0.05, 0) is 18.2 Å². The van der Waals surface area contributed by atoms with Crippen LogP contribution in [0.2, 0.25) is 0 Å². The number of ether oxygens (including phenoxy) is 1. The van der Waals surface area contributed by atoms with Gasteiger partial charge in [-0.15, -0.1) is 11.3 Å². The van der Waals surface area contributed by atoms with E-state index in [2.05, 4.69) is 14.9 Å². The summed E-state index contributed by atoms with van der Waals surface area (Å²) in [6.45, 7) is 3.15. The fourth-order valence-corrected chi connectivity index (χ4v) is 2.74. The van der Waals surface area contributed by atoms with E-state index in [1.54, 1.807) is 12.3 Å². The average molecular weight is 275 g/mol. The highest BCUT2D eigenvalue weighted by molar-refractivity contribution is 7.16. The molecule has 0 saturated carbocycles. The van der Waals surface area contributed by atoms with Crippen molar-refractivity contribution in [1.29, 1.82) is 0 Å². The monoisotopic (exact) mass is 275 g/mol. The number of aldehydes is 1. The molecule has 0 spiro atoms. The number of aromatic nitrogens is 2. The van der Waals surface area contributed by atoms with Gasteiger partial charge in [0, 0.05) is 19.3 Å². The van der Waals surface area contributed by atoms with Gasteiger partial charge in [-0.25, -0.2) is 9.97 Å². The second-order valence-corrected chi connectivity index (χ2v) is 5.27. The predicted octanol–water partition coefficient (Wildman–Crippen LogP) is 1.85. The number of carbonyl (C=O) groups excluding carboxylic acids is 1. The van der Waals surface area contributed by atoms with Gasteiger partial charge in [0.05, 0.1) is 23.0 Å². The van der Waals surface area contributed by atoms with Crippen LogP contribution in [0.5, 0.6) is 0 Å². The molecule has 6 heteroatoms. The van der Waals surface area contributed by atoms with Crippen LogP contribution in [0.3, 0.4) is 0 Å². The molecule has 19 heavy (non-hydrogen) atoms. The molecule has 1 aliphatic rings. The van der Waals surface area contributed by atoms with Crippen molar-refractivity contribution in [2.24, 2.45) is 0 Å². The van der Waals surface area contributed by atoms with Crippen molar-refractivity contribution in [3.8, 4) is 10.7 Å². The number of anilines is 1. The quantitative estimate of drug-likeness (QED) is 0.800. The van der Waals surface area contributed by atoms with E-state index < -0.39 is 0 Å². The van der Waals surface area contributed by atoms with E-state index in [9.17, 15) is 4.79 Å². The highest BCUT2D eigenvalue weighted by Gasteiger charge is 2.14. The van der Waals surface area contributed by atoms with E-state index in [0.29, 0.717) is 10.7 Å². The molecule has 0 aliphatic carbocycles. The molecule has 98 valence electrons. The molecule has 2 aromatic rings. The minimum Gasteiger partial charge on any atom is -0.378 e. The van der Waals surface area contributed by atoms with Crippen LogP contribution in [0.25, 0.3) is 10.7 Å². The second kappa shape index (κ2) is 5.46. The number of nitrogens with zero attached hydrogens (tertiary/aromatic N) is 3. The largest absolute Gasteiger partial charge is 0.378 e. The van der Waals surface area contributed by atoms with Crippen LogP contribution in [0.1, 0.15) is 9.67 Å². The highest BCUT2D eigenvalue weighted by atomic mass is 32.1. The molecule has 1 fully saturated rings. The van der Waals surface area contributed by atoms with Crippen LogP contribution in [0.15, 0.2) is 24.4 Å². The van der Waals surface area contributed by atoms with Gasteiger partial charge >= 0.3 is 0 Å². The Hall–Kier alpha value is -1.79. The Labute approximate surface area is 114 Å². The number of morpholine rings is 1. The summed E-state index contributed by atoms with van der Waals surface area (Å²) < 4.78 is 5.33. The minimum absolute atomic E-state index is 0.669. The summed E-state index contributed by atoms with van der Waals surface area (Å²) in [5.41, 5.74) is 0. The predicted molar refractivity (Wildman–Crippen MR) is 73.8 cm³/mol. The second-order valence-electron chi connectivity index (χ2n) is 4.16. The maximum absolute atomic E-state index is 10.7. The Kier molecular flexibility index (Phi) is 3.52. The summed E-state index contributed by atoms with van der Waals surface area (Å²) in [4.78, 5) is 23.3. The van der Waals surface area contributed by atoms with Gasteiger partial charge in [0.15, 0.2) is 12.1 Å². The fourth-order valence-electron chi connectivity index (χ4n) is 1.97. The van der Waals surface area contributed by atoms with Gasteiger partial charge in [-0.2, -0.15) is 0 Å². The van der Waals surface area contributed by atoms with Crippen LogP contribution in [0, 0.1) is 0 Å². The van der Waals surface area contributed by atoms with E-state index in [0.717, 1.165) is 43.3 Å². The lowest BCUT2D eigenvalue weighted by Gasteiger charge is -2.27. The van der Waals surface area contributed by atoms with Gasteiger partial charge < -0.3 is 9.64 Å². The molecule has 3 rings (SSSR count). The Morgan fingerprint density at radius 1 is 1.26 bits per heavy atom. The third kappa shape index (κ3) is 2.64. The van der Waals surface area contributed by atoms with Gasteiger partial charge in [0.25, 0.3) is 0 Å². The number of hydrogen-bond donors (Lipinski definition) is 0. The maximum Gasteiger partial charge on any atom is 0.171 e. The van der Waals surface area contributed by atoms with Crippen LogP contribution in [0.4, 0.5) is 5.82 Å². The SMILES string of the molecule is O=Cc1ccc(-c2nccc(N3CCOCC3)n2)s1. The number of hydrogen-bond acceptors (Lipinski definition) is 6. The first-order valence-corrected chi connectivity index (χ1v) is 6.89. The van der Waals surface area contributed by atoms with E-state index in [1.807, 2.05) is 12.1 Å². The average Bonchev–Trinajstić information content (AvgIpc) is 2.97. The van der Waals surface area contributed by atoms with Crippen molar-refractivity contribution < 1.29 is 9.53 Å². The van der Waals surface area contributed by atoms with Gasteiger partial charge in [-0.3, -0.25) is 4.79 Å². The van der Waals surface area contributed by atoms with E-state index >= 15 is 0 Å². The molecule has 0 atom stereocenters. The molecule has 0 N–H and O–H groups in total. The molecule has 0 bridgehead atoms. The molecular weight excluding hydrogens is 262 g/mol. The number of carbonyl (C=O) groups is 1. The molecule has 1 aliphatic heterocycles. The lowest BCUT2D eigenvalue weighted by Crippen LogP contribution is -2.36. The van der Waals surface area contributed by atoms with Crippen LogP contribution in [-0.4, -0.2) is 42.6 Å². The zero-order valence-corrected chi connectivity index (χ0v) is 11.1. The van der Waals surface area contributed by atoms with E-state index in [4.69, 9.17) is 4.74 Å². The zero-order chi connectivity index (χ0) is 13.1. The molecular formula is C13H13N3O2S. The van der Waals surface area contributed by atoms with E-state index in [1.165, 1.54) is 11.3 Å². The standard InChI is InChI=1S/C13H13N3O2S/c17-9-10-1-2-11(19-10)13-14-4-3-12(15-13)16-5-7-18-8-6-16/h1-4,9H,5-8H2. The smallest absolute Gasteiger partial charge is 0.171 e. The minimum atomic E-state index is 0.669. The molecule has 0 amide bonds.